The van der Waals surface area contributed by atoms with Gasteiger partial charge in [0.05, 0.1) is 32.4 Å². The van der Waals surface area contributed by atoms with Crippen LogP contribution < -0.4 is 10.1 Å². The van der Waals surface area contributed by atoms with Crippen LogP contribution in [0.1, 0.15) is 12.0 Å². The first-order valence-corrected chi connectivity index (χ1v) is 9.87. The van der Waals surface area contributed by atoms with Crippen LogP contribution in [0.3, 0.4) is 0 Å². The summed E-state index contributed by atoms with van der Waals surface area (Å²) in [5.41, 5.74) is 2.36. The number of hydrogen-bond acceptors (Lipinski definition) is 6. The minimum Gasteiger partial charge on any atom is -0.494 e. The van der Waals surface area contributed by atoms with Gasteiger partial charge in [0.25, 0.3) is 5.91 Å². The van der Waals surface area contributed by atoms with Crippen LogP contribution in [0.4, 0.5) is 5.69 Å². The van der Waals surface area contributed by atoms with E-state index >= 15 is 0 Å². The number of β-amino-alcohol motifs (C(OH)–C–C–N with tert-alkyl or cyclic N) is 1. The fraction of sp³-hybridized carbons (Fsp3) is 0.304. The van der Waals surface area contributed by atoms with E-state index in [2.05, 4.69) is 17.4 Å². The predicted octanol–water partition coefficient (Wildman–Crippen LogP) is 2.37. The molecule has 2 N–H and O–H groups in total. The molecule has 0 saturated carbocycles. The van der Waals surface area contributed by atoms with Gasteiger partial charge in [-0.15, -0.1) is 0 Å². The van der Waals surface area contributed by atoms with Crippen molar-refractivity contribution >= 4 is 17.6 Å². The van der Waals surface area contributed by atoms with Crippen molar-refractivity contribution in [1.82, 2.24) is 4.90 Å². The summed E-state index contributed by atoms with van der Waals surface area (Å²) in [6.07, 6.45) is 1.87. The molecular weight excluding hydrogens is 384 g/mol. The maximum atomic E-state index is 12.6. The van der Waals surface area contributed by atoms with Crippen molar-refractivity contribution < 1.29 is 24.2 Å². The number of anilines is 1. The van der Waals surface area contributed by atoms with Crippen molar-refractivity contribution in [1.29, 1.82) is 0 Å². The highest BCUT2D eigenvalue weighted by atomic mass is 16.5. The standard InChI is InChI=1S/C23H26N2O5/c1-29-23(28)20-16-25(13-14-26)22(27)21(20)24-18-9-11-19(12-10-18)30-15-5-8-17-6-3-2-4-7-17/h2-4,6-7,9-12,24,26H,5,8,13-16H2,1H3. The molecule has 0 atom stereocenters. The van der Waals surface area contributed by atoms with Crippen LogP contribution >= 0.6 is 0 Å². The monoisotopic (exact) mass is 410 g/mol. The first-order valence-electron chi connectivity index (χ1n) is 9.87. The fourth-order valence-electron chi connectivity index (χ4n) is 3.24. The summed E-state index contributed by atoms with van der Waals surface area (Å²) in [5, 5.41) is 12.1. The number of amides is 1. The van der Waals surface area contributed by atoms with Gasteiger partial charge in [0.15, 0.2) is 0 Å². The summed E-state index contributed by atoms with van der Waals surface area (Å²) in [6.45, 7) is 0.689. The first kappa shape index (κ1) is 21.4. The third kappa shape index (κ3) is 5.39. The van der Waals surface area contributed by atoms with Crippen molar-refractivity contribution in [2.24, 2.45) is 0 Å². The molecule has 158 valence electrons. The number of benzene rings is 2. The molecule has 1 aliphatic rings. The van der Waals surface area contributed by atoms with E-state index in [1.807, 2.05) is 30.3 Å². The summed E-state index contributed by atoms with van der Waals surface area (Å²) >= 11 is 0. The molecule has 0 unspecified atom stereocenters. The van der Waals surface area contributed by atoms with Gasteiger partial charge in [-0.3, -0.25) is 4.79 Å². The Morgan fingerprint density at radius 1 is 1.13 bits per heavy atom. The van der Waals surface area contributed by atoms with Gasteiger partial charge in [-0.2, -0.15) is 0 Å². The lowest BCUT2D eigenvalue weighted by molar-refractivity contribution is -0.136. The second-order valence-corrected chi connectivity index (χ2v) is 6.88. The van der Waals surface area contributed by atoms with Crippen molar-refractivity contribution in [3.63, 3.8) is 0 Å². The Labute approximate surface area is 175 Å². The summed E-state index contributed by atoms with van der Waals surface area (Å²) in [4.78, 5) is 26.0. The summed E-state index contributed by atoms with van der Waals surface area (Å²) in [7, 11) is 1.27. The van der Waals surface area contributed by atoms with Gasteiger partial charge >= 0.3 is 5.97 Å². The lowest BCUT2D eigenvalue weighted by atomic mass is 10.1. The Balaban J connectivity index is 1.57. The van der Waals surface area contributed by atoms with Crippen LogP contribution in [0.15, 0.2) is 65.9 Å². The molecule has 0 spiro atoms. The topological polar surface area (TPSA) is 88.1 Å². The summed E-state index contributed by atoms with van der Waals surface area (Å²) in [5.74, 6) is -0.175. The number of hydrogen-bond donors (Lipinski definition) is 2. The van der Waals surface area contributed by atoms with E-state index in [1.54, 1.807) is 12.1 Å². The Morgan fingerprint density at radius 2 is 1.87 bits per heavy atom. The second kappa shape index (κ2) is 10.5. The number of nitrogens with one attached hydrogen (secondary N) is 1. The fourth-order valence-corrected chi connectivity index (χ4v) is 3.24. The molecule has 7 heteroatoms. The van der Waals surface area contributed by atoms with E-state index < -0.39 is 5.97 Å². The van der Waals surface area contributed by atoms with E-state index in [0.29, 0.717) is 12.3 Å². The van der Waals surface area contributed by atoms with Gasteiger partial charge < -0.3 is 24.8 Å². The van der Waals surface area contributed by atoms with Crippen molar-refractivity contribution in [3.05, 3.63) is 71.4 Å². The summed E-state index contributed by atoms with van der Waals surface area (Å²) < 4.78 is 10.6. The molecule has 2 aromatic rings. The number of esters is 1. The Kier molecular flexibility index (Phi) is 7.45. The molecule has 0 aromatic heterocycles. The highest BCUT2D eigenvalue weighted by Crippen LogP contribution is 2.24. The lowest BCUT2D eigenvalue weighted by Crippen LogP contribution is -2.31. The second-order valence-electron chi connectivity index (χ2n) is 6.88. The SMILES string of the molecule is COC(=O)C1=C(Nc2ccc(OCCCc3ccccc3)cc2)C(=O)N(CCO)C1. The number of nitrogens with zero attached hydrogens (tertiary/aromatic N) is 1. The molecule has 0 radical (unpaired) electrons. The predicted molar refractivity (Wildman–Crippen MR) is 113 cm³/mol. The first-order chi connectivity index (χ1) is 14.6. The lowest BCUT2D eigenvalue weighted by Gasteiger charge is -2.15. The molecule has 0 saturated heterocycles. The smallest absolute Gasteiger partial charge is 0.337 e. The Morgan fingerprint density at radius 3 is 2.53 bits per heavy atom. The number of rotatable bonds is 10. The molecule has 1 aliphatic heterocycles. The number of methoxy groups -OCH3 is 1. The minimum atomic E-state index is -0.565. The highest BCUT2D eigenvalue weighted by Gasteiger charge is 2.34. The molecule has 7 nitrogen and oxygen atoms in total. The zero-order valence-corrected chi connectivity index (χ0v) is 17.0. The van der Waals surface area contributed by atoms with Crippen LogP contribution in [0.5, 0.6) is 5.75 Å². The van der Waals surface area contributed by atoms with Gasteiger partial charge in [0.2, 0.25) is 0 Å². The van der Waals surface area contributed by atoms with Crippen LogP contribution in [-0.2, 0) is 20.7 Å². The zero-order valence-electron chi connectivity index (χ0n) is 17.0. The number of ether oxygens (including phenoxy) is 2. The number of aryl methyl sites for hydroxylation is 1. The molecule has 1 amide bonds. The van der Waals surface area contributed by atoms with E-state index in [0.717, 1.165) is 18.6 Å². The zero-order chi connectivity index (χ0) is 21.3. The van der Waals surface area contributed by atoms with Gasteiger partial charge in [0.1, 0.15) is 11.4 Å². The van der Waals surface area contributed by atoms with E-state index in [9.17, 15) is 9.59 Å². The molecular formula is C23H26N2O5. The molecule has 0 bridgehead atoms. The minimum absolute atomic E-state index is 0.108. The number of carbonyl (C=O) groups is 2. The maximum Gasteiger partial charge on any atom is 0.337 e. The average Bonchev–Trinajstić information content (AvgIpc) is 3.08. The Bertz CT molecular complexity index is 894. The normalized spacial score (nSPS) is 13.5. The molecule has 3 rings (SSSR count). The largest absolute Gasteiger partial charge is 0.494 e. The molecule has 2 aromatic carbocycles. The molecule has 1 heterocycles. The third-order valence-corrected chi connectivity index (χ3v) is 4.80. The van der Waals surface area contributed by atoms with Crippen molar-refractivity contribution in [2.75, 3.05) is 38.7 Å². The average molecular weight is 410 g/mol. The van der Waals surface area contributed by atoms with Crippen molar-refractivity contribution in [3.8, 4) is 5.75 Å². The number of carbonyl (C=O) groups excluding carboxylic acids is 2. The van der Waals surface area contributed by atoms with Gasteiger partial charge in [-0.1, -0.05) is 30.3 Å². The van der Waals surface area contributed by atoms with E-state index in [4.69, 9.17) is 14.6 Å². The molecule has 0 fully saturated rings. The van der Waals surface area contributed by atoms with Gasteiger partial charge in [-0.25, -0.2) is 4.79 Å². The van der Waals surface area contributed by atoms with Gasteiger partial charge in [0, 0.05) is 12.2 Å². The quantitative estimate of drug-likeness (QED) is 0.462. The highest BCUT2D eigenvalue weighted by molar-refractivity contribution is 6.08. The molecule has 30 heavy (non-hydrogen) atoms. The maximum absolute atomic E-state index is 12.6. The van der Waals surface area contributed by atoms with Crippen LogP contribution in [0, 0.1) is 0 Å². The van der Waals surface area contributed by atoms with Crippen LogP contribution in [0.25, 0.3) is 0 Å². The third-order valence-electron chi connectivity index (χ3n) is 4.80. The van der Waals surface area contributed by atoms with Crippen LogP contribution in [0.2, 0.25) is 0 Å². The van der Waals surface area contributed by atoms with E-state index in [1.165, 1.54) is 17.6 Å². The summed E-state index contributed by atoms with van der Waals surface area (Å²) in [6, 6.07) is 17.5. The van der Waals surface area contributed by atoms with Crippen LogP contribution in [-0.4, -0.2) is 55.3 Å². The van der Waals surface area contributed by atoms with E-state index in [-0.39, 0.29) is 36.9 Å². The van der Waals surface area contributed by atoms with Crippen molar-refractivity contribution in [2.45, 2.75) is 12.8 Å². The van der Waals surface area contributed by atoms with Gasteiger partial charge in [-0.05, 0) is 42.7 Å². The Hall–Kier alpha value is -3.32. The molecule has 0 aliphatic carbocycles. The number of aliphatic hydroxyl groups excluding tert-OH is 1. The number of aliphatic hydroxyl groups is 1.